The minimum Gasteiger partial charge on any atom is -0.367 e. The highest BCUT2D eigenvalue weighted by Gasteiger charge is 2.30. The number of hydrogen-bond acceptors (Lipinski definition) is 5. The Balaban J connectivity index is 1.67. The van der Waals surface area contributed by atoms with Crippen LogP contribution in [0.2, 0.25) is 0 Å². The number of amides is 2. The average Bonchev–Trinajstić information content (AvgIpc) is 3.03. The van der Waals surface area contributed by atoms with Gasteiger partial charge in [-0.3, -0.25) is 9.62 Å². The molecule has 0 atom stereocenters. The number of nitrogens with zero attached hydrogens (tertiary/aromatic N) is 2. The molecule has 24 heavy (non-hydrogen) atoms. The fraction of sp³-hybridized carbons (Fsp3) is 0.286. The third kappa shape index (κ3) is 4.00. The van der Waals surface area contributed by atoms with Crippen molar-refractivity contribution in [2.24, 2.45) is 0 Å². The molecule has 1 aliphatic rings. The van der Waals surface area contributed by atoms with Crippen molar-refractivity contribution < 1.29 is 22.7 Å². The minimum atomic E-state index is -4.37. The number of nitrogens with one attached hydrogen (secondary N) is 1. The number of carbonyl (C=O) groups excluding carboxylic acids is 1. The molecule has 10 heteroatoms. The number of carbonyl (C=O) groups is 1. The molecule has 3 rings (SSSR count). The van der Waals surface area contributed by atoms with Crippen molar-refractivity contribution in [1.29, 1.82) is 0 Å². The van der Waals surface area contributed by atoms with Gasteiger partial charge in [-0.15, -0.1) is 11.3 Å². The summed E-state index contributed by atoms with van der Waals surface area (Å²) in [4.78, 5) is 16.3. The molecular weight excluding hydrogens is 363 g/mol. The Morgan fingerprint density at radius 3 is 2.67 bits per heavy atom. The van der Waals surface area contributed by atoms with Gasteiger partial charge in [0.25, 0.3) is 0 Å². The highest BCUT2D eigenvalue weighted by molar-refractivity contribution is 7.97. The number of anilines is 1. The van der Waals surface area contributed by atoms with Crippen molar-refractivity contribution in [3.05, 3.63) is 35.2 Å². The van der Waals surface area contributed by atoms with Gasteiger partial charge in [-0.05, 0) is 24.1 Å². The van der Waals surface area contributed by atoms with Gasteiger partial charge >= 0.3 is 12.2 Å². The zero-order chi connectivity index (χ0) is 17.2. The van der Waals surface area contributed by atoms with E-state index in [2.05, 4.69) is 10.3 Å². The van der Waals surface area contributed by atoms with Gasteiger partial charge in [0.1, 0.15) is 5.94 Å². The van der Waals surface area contributed by atoms with Crippen molar-refractivity contribution in [1.82, 2.24) is 9.29 Å². The molecule has 0 radical (unpaired) electrons. The Hall–Kier alpha value is -1.78. The summed E-state index contributed by atoms with van der Waals surface area (Å²) < 4.78 is 44.4. The van der Waals surface area contributed by atoms with Crippen molar-refractivity contribution in [2.75, 3.05) is 24.4 Å². The fourth-order valence-corrected chi connectivity index (χ4v) is 3.38. The first kappa shape index (κ1) is 17.1. The molecule has 1 aromatic heterocycles. The third-order valence-corrected chi connectivity index (χ3v) is 4.87. The number of thiazole rings is 1. The smallest absolute Gasteiger partial charge is 0.367 e. The topological polar surface area (TPSA) is 54.5 Å². The van der Waals surface area contributed by atoms with Crippen LogP contribution >= 0.6 is 23.3 Å². The van der Waals surface area contributed by atoms with E-state index in [1.165, 1.54) is 35.4 Å². The number of aromatic nitrogens is 1. The largest absolute Gasteiger partial charge is 0.416 e. The van der Waals surface area contributed by atoms with E-state index in [0.717, 1.165) is 12.1 Å². The Kier molecular flexibility index (Phi) is 4.97. The second-order valence-electron chi connectivity index (χ2n) is 4.80. The van der Waals surface area contributed by atoms with Crippen LogP contribution in [0.3, 0.4) is 0 Å². The second kappa shape index (κ2) is 6.99. The molecule has 0 spiro atoms. The summed E-state index contributed by atoms with van der Waals surface area (Å²) in [5.41, 5.74) is 0.360. The normalized spacial score (nSPS) is 15.4. The fourth-order valence-electron chi connectivity index (χ4n) is 1.98. The van der Waals surface area contributed by atoms with Gasteiger partial charge in [0, 0.05) is 10.9 Å². The van der Waals surface area contributed by atoms with Crippen molar-refractivity contribution in [3.8, 4) is 11.3 Å². The van der Waals surface area contributed by atoms with Crippen molar-refractivity contribution in [2.45, 2.75) is 6.18 Å². The van der Waals surface area contributed by atoms with Crippen LogP contribution in [0.15, 0.2) is 29.6 Å². The summed E-state index contributed by atoms with van der Waals surface area (Å²) in [5, 5.41) is 4.75. The Morgan fingerprint density at radius 1 is 1.29 bits per heavy atom. The van der Waals surface area contributed by atoms with E-state index in [1.54, 1.807) is 9.69 Å². The lowest BCUT2D eigenvalue weighted by atomic mass is 10.1. The molecule has 0 unspecified atom stereocenters. The lowest BCUT2D eigenvalue weighted by molar-refractivity contribution is -0.137. The average molecular weight is 375 g/mol. The first-order chi connectivity index (χ1) is 11.4. The van der Waals surface area contributed by atoms with Crippen LogP contribution in [-0.2, 0) is 10.9 Å². The van der Waals surface area contributed by atoms with E-state index in [0.29, 0.717) is 35.5 Å². The van der Waals surface area contributed by atoms with E-state index in [4.69, 9.17) is 4.74 Å². The zero-order valence-corrected chi connectivity index (χ0v) is 13.8. The number of benzene rings is 1. The van der Waals surface area contributed by atoms with Crippen LogP contribution in [0, 0.1) is 0 Å². The maximum Gasteiger partial charge on any atom is 0.416 e. The van der Waals surface area contributed by atoms with E-state index in [1.807, 2.05) is 0 Å². The van der Waals surface area contributed by atoms with E-state index >= 15 is 0 Å². The first-order valence-electron chi connectivity index (χ1n) is 6.86. The molecule has 0 bridgehead atoms. The van der Waals surface area contributed by atoms with Crippen molar-refractivity contribution >= 4 is 34.4 Å². The molecule has 2 amide bonds. The van der Waals surface area contributed by atoms with Crippen LogP contribution in [0.4, 0.5) is 23.1 Å². The molecule has 128 valence electrons. The van der Waals surface area contributed by atoms with Gasteiger partial charge in [-0.1, -0.05) is 12.1 Å². The lowest BCUT2D eigenvalue weighted by Crippen LogP contribution is -2.35. The maximum atomic E-state index is 12.6. The molecular formula is C14H12F3N3O2S2. The van der Waals surface area contributed by atoms with Gasteiger partial charge in [-0.2, -0.15) is 13.2 Å². The second-order valence-corrected chi connectivity index (χ2v) is 6.59. The monoisotopic (exact) mass is 375 g/mol. The molecule has 2 heterocycles. The van der Waals surface area contributed by atoms with Gasteiger partial charge in [0.2, 0.25) is 0 Å². The molecule has 1 fully saturated rings. The molecule has 2 aromatic rings. The van der Waals surface area contributed by atoms with Crippen molar-refractivity contribution in [3.63, 3.8) is 0 Å². The van der Waals surface area contributed by atoms with Crippen LogP contribution in [0.25, 0.3) is 11.3 Å². The van der Waals surface area contributed by atoms with Crippen LogP contribution in [0.5, 0.6) is 0 Å². The molecule has 0 saturated carbocycles. The summed E-state index contributed by atoms with van der Waals surface area (Å²) in [6, 6.07) is 4.45. The number of ether oxygens (including phenoxy) is 1. The predicted molar refractivity (Wildman–Crippen MR) is 86.7 cm³/mol. The Labute approximate surface area is 144 Å². The van der Waals surface area contributed by atoms with E-state index < -0.39 is 11.7 Å². The Morgan fingerprint density at radius 2 is 2.04 bits per heavy atom. The number of urea groups is 1. The van der Waals surface area contributed by atoms with Gasteiger partial charge in [-0.25, -0.2) is 9.78 Å². The SMILES string of the molecule is O=C(Nc1nc(-c2ccc(C(F)(F)F)cc2)cs1)N1CCOCS1. The highest BCUT2D eigenvalue weighted by Crippen LogP contribution is 2.32. The van der Waals surface area contributed by atoms with Gasteiger partial charge < -0.3 is 4.74 Å². The summed E-state index contributed by atoms with van der Waals surface area (Å²) in [6.07, 6.45) is -4.37. The van der Waals surface area contributed by atoms with E-state index in [-0.39, 0.29) is 6.03 Å². The number of rotatable bonds is 2. The molecule has 1 N–H and O–H groups in total. The lowest BCUT2D eigenvalue weighted by Gasteiger charge is -2.24. The standard InChI is InChI=1S/C14H12F3N3O2S2/c15-14(16,17)10-3-1-9(2-4-10)11-7-23-12(18-11)19-13(21)20-5-6-22-8-24-20/h1-4,7H,5-6,8H2,(H,18,19,21). The number of alkyl halides is 3. The summed E-state index contributed by atoms with van der Waals surface area (Å²) >= 11 is 2.48. The Bertz CT molecular complexity index is 713. The maximum absolute atomic E-state index is 12.6. The molecule has 1 aromatic carbocycles. The first-order valence-corrected chi connectivity index (χ1v) is 8.68. The highest BCUT2D eigenvalue weighted by atomic mass is 32.2. The minimum absolute atomic E-state index is 0.295. The quantitative estimate of drug-likeness (QED) is 0.796. The van der Waals surface area contributed by atoms with Crippen LogP contribution in [-0.4, -0.2) is 34.4 Å². The molecule has 1 aliphatic heterocycles. The molecule has 1 saturated heterocycles. The summed E-state index contributed by atoms with van der Waals surface area (Å²) in [7, 11) is 0. The van der Waals surface area contributed by atoms with Crippen LogP contribution in [0.1, 0.15) is 5.56 Å². The molecule has 0 aliphatic carbocycles. The third-order valence-electron chi connectivity index (χ3n) is 3.18. The number of halogens is 3. The summed E-state index contributed by atoms with van der Waals surface area (Å²) in [6.45, 7) is 0.961. The zero-order valence-electron chi connectivity index (χ0n) is 12.2. The molecule has 5 nitrogen and oxygen atoms in total. The van der Waals surface area contributed by atoms with Gasteiger partial charge in [0.15, 0.2) is 5.13 Å². The summed E-state index contributed by atoms with van der Waals surface area (Å²) in [5.74, 6) is 0.419. The van der Waals surface area contributed by atoms with Crippen LogP contribution < -0.4 is 5.32 Å². The predicted octanol–water partition coefficient (Wildman–Crippen LogP) is 4.30. The van der Waals surface area contributed by atoms with Gasteiger partial charge in [0.05, 0.1) is 24.4 Å². The van der Waals surface area contributed by atoms with E-state index in [9.17, 15) is 18.0 Å². The number of hydrogen-bond donors (Lipinski definition) is 1.